The quantitative estimate of drug-likeness (QED) is 0.330. The number of aliphatic hydroxyl groups is 1. The topological polar surface area (TPSA) is 110 Å². The van der Waals surface area contributed by atoms with Crippen LogP contribution in [0, 0.1) is 10.1 Å². The van der Waals surface area contributed by atoms with Crippen molar-refractivity contribution in [1.82, 2.24) is 9.55 Å². The van der Waals surface area contributed by atoms with Gasteiger partial charge in [0.05, 0.1) is 11.0 Å². The van der Waals surface area contributed by atoms with Crippen molar-refractivity contribution in [2.75, 3.05) is 11.9 Å². The first kappa shape index (κ1) is 20.8. The number of imidazole rings is 1. The SMILES string of the molecule is Cn1ccnc1C(=O)c1ccc(NCC(O)c2cc(Cl)cc(Cl)c2)c([N+](=O)[O-])c1. The molecule has 0 fully saturated rings. The van der Waals surface area contributed by atoms with E-state index in [4.69, 9.17) is 23.2 Å². The Morgan fingerprint density at radius 3 is 2.55 bits per heavy atom. The Kier molecular flexibility index (Phi) is 6.17. The van der Waals surface area contributed by atoms with Gasteiger partial charge in [-0.25, -0.2) is 4.98 Å². The van der Waals surface area contributed by atoms with Gasteiger partial charge >= 0.3 is 0 Å². The Labute approximate surface area is 175 Å². The average Bonchev–Trinajstić information content (AvgIpc) is 3.10. The lowest BCUT2D eigenvalue weighted by Gasteiger charge is -2.14. The minimum atomic E-state index is -1.00. The summed E-state index contributed by atoms with van der Waals surface area (Å²) in [6.07, 6.45) is 2.09. The third-order valence-corrected chi connectivity index (χ3v) is 4.67. The molecular weight excluding hydrogens is 419 g/mol. The number of hydrogen-bond acceptors (Lipinski definition) is 6. The summed E-state index contributed by atoms with van der Waals surface area (Å²) in [5, 5.41) is 25.4. The molecule has 1 heterocycles. The Hall–Kier alpha value is -2.94. The van der Waals surface area contributed by atoms with E-state index in [-0.39, 0.29) is 29.3 Å². The van der Waals surface area contributed by atoms with Crippen LogP contribution in [0.25, 0.3) is 0 Å². The molecule has 2 N–H and O–H groups in total. The molecule has 29 heavy (non-hydrogen) atoms. The monoisotopic (exact) mass is 434 g/mol. The number of carbonyl (C=O) groups is 1. The highest BCUT2D eigenvalue weighted by atomic mass is 35.5. The van der Waals surface area contributed by atoms with Crippen molar-refractivity contribution in [3.05, 3.63) is 85.9 Å². The molecule has 150 valence electrons. The first-order chi connectivity index (χ1) is 13.8. The van der Waals surface area contributed by atoms with Gasteiger partial charge in [-0.2, -0.15) is 0 Å². The molecule has 1 aromatic heterocycles. The zero-order valence-corrected chi connectivity index (χ0v) is 16.7. The van der Waals surface area contributed by atoms with E-state index in [0.29, 0.717) is 15.6 Å². The second-order valence-electron chi connectivity index (χ2n) is 6.28. The van der Waals surface area contributed by atoms with Crippen LogP contribution in [0.1, 0.15) is 27.8 Å². The van der Waals surface area contributed by atoms with Crippen LogP contribution < -0.4 is 5.32 Å². The second kappa shape index (κ2) is 8.60. The standard InChI is InChI=1S/C19H16Cl2N4O4/c1-24-5-4-22-19(24)18(27)11-2-3-15(16(8-11)25(28)29)23-10-17(26)12-6-13(20)9-14(21)7-12/h2-9,17,23,26H,10H2,1H3. The molecule has 0 spiro atoms. The number of nitro groups is 1. The number of aromatic nitrogens is 2. The number of halogens is 2. The Morgan fingerprint density at radius 2 is 1.97 bits per heavy atom. The largest absolute Gasteiger partial charge is 0.387 e. The van der Waals surface area contributed by atoms with Crippen LogP contribution in [-0.2, 0) is 7.05 Å². The summed E-state index contributed by atoms with van der Waals surface area (Å²) in [5.41, 5.74) is 0.484. The fourth-order valence-electron chi connectivity index (χ4n) is 2.78. The molecular formula is C19H16Cl2N4O4. The molecule has 3 aromatic rings. The minimum Gasteiger partial charge on any atom is -0.387 e. The van der Waals surface area contributed by atoms with E-state index in [2.05, 4.69) is 10.3 Å². The van der Waals surface area contributed by atoms with Crippen molar-refractivity contribution < 1.29 is 14.8 Å². The number of hydrogen-bond donors (Lipinski definition) is 2. The van der Waals surface area contributed by atoms with Crippen LogP contribution in [0.4, 0.5) is 11.4 Å². The molecule has 3 rings (SSSR count). The number of nitrogens with one attached hydrogen (secondary N) is 1. The van der Waals surface area contributed by atoms with E-state index < -0.39 is 16.8 Å². The van der Waals surface area contributed by atoms with Gasteiger partial charge in [0, 0.05) is 47.7 Å². The lowest BCUT2D eigenvalue weighted by Crippen LogP contribution is -2.14. The summed E-state index contributed by atoms with van der Waals surface area (Å²) in [7, 11) is 1.66. The zero-order chi connectivity index (χ0) is 21.1. The maximum absolute atomic E-state index is 12.5. The van der Waals surface area contributed by atoms with Crippen molar-refractivity contribution in [1.29, 1.82) is 0 Å². The molecule has 0 aliphatic carbocycles. The Morgan fingerprint density at radius 1 is 1.28 bits per heavy atom. The molecule has 1 unspecified atom stereocenters. The van der Waals surface area contributed by atoms with Crippen molar-refractivity contribution >= 4 is 40.4 Å². The predicted molar refractivity (Wildman–Crippen MR) is 110 cm³/mol. The van der Waals surface area contributed by atoms with Gasteiger partial charge in [0.2, 0.25) is 5.78 Å². The van der Waals surface area contributed by atoms with Crippen LogP contribution in [0.5, 0.6) is 0 Å². The number of aryl methyl sites for hydroxylation is 1. The van der Waals surface area contributed by atoms with Crippen LogP contribution in [0.15, 0.2) is 48.8 Å². The molecule has 0 saturated heterocycles. The first-order valence-electron chi connectivity index (χ1n) is 8.44. The Balaban J connectivity index is 1.81. The van der Waals surface area contributed by atoms with Gasteiger partial charge in [0.15, 0.2) is 5.82 Å². The molecule has 8 nitrogen and oxygen atoms in total. The molecule has 10 heteroatoms. The molecule has 0 amide bonds. The van der Waals surface area contributed by atoms with Gasteiger partial charge in [-0.05, 0) is 35.9 Å². The maximum atomic E-state index is 12.5. The lowest BCUT2D eigenvalue weighted by molar-refractivity contribution is -0.384. The molecule has 0 bridgehead atoms. The summed E-state index contributed by atoms with van der Waals surface area (Å²) in [6, 6.07) is 8.73. The zero-order valence-electron chi connectivity index (χ0n) is 15.2. The highest BCUT2D eigenvalue weighted by Crippen LogP contribution is 2.28. The first-order valence-corrected chi connectivity index (χ1v) is 9.20. The van der Waals surface area contributed by atoms with Gasteiger partial charge in [-0.3, -0.25) is 14.9 Å². The fourth-order valence-corrected chi connectivity index (χ4v) is 3.32. The van der Waals surface area contributed by atoms with Crippen molar-refractivity contribution in [3.8, 4) is 0 Å². The van der Waals surface area contributed by atoms with Gasteiger partial charge in [-0.15, -0.1) is 0 Å². The number of rotatable bonds is 7. The van der Waals surface area contributed by atoms with Crippen molar-refractivity contribution in [2.45, 2.75) is 6.10 Å². The highest BCUT2D eigenvalue weighted by Gasteiger charge is 2.21. The second-order valence-corrected chi connectivity index (χ2v) is 7.15. The van der Waals surface area contributed by atoms with E-state index in [0.717, 1.165) is 0 Å². The van der Waals surface area contributed by atoms with E-state index in [9.17, 15) is 20.0 Å². The fraction of sp³-hybridized carbons (Fsp3) is 0.158. The molecule has 1 atom stereocenters. The van der Waals surface area contributed by atoms with Crippen LogP contribution in [-0.4, -0.2) is 31.9 Å². The molecule has 0 aliphatic rings. The van der Waals surface area contributed by atoms with Crippen LogP contribution >= 0.6 is 23.2 Å². The highest BCUT2D eigenvalue weighted by molar-refractivity contribution is 6.34. The minimum absolute atomic E-state index is 0.0236. The molecule has 2 aromatic carbocycles. The molecule has 0 radical (unpaired) electrons. The number of carbonyl (C=O) groups excluding carboxylic acids is 1. The number of ketones is 1. The van der Waals surface area contributed by atoms with E-state index in [1.165, 1.54) is 35.0 Å². The van der Waals surface area contributed by atoms with Crippen LogP contribution in [0.2, 0.25) is 10.0 Å². The van der Waals surface area contributed by atoms with E-state index in [1.807, 2.05) is 0 Å². The smallest absolute Gasteiger partial charge is 0.293 e. The lowest BCUT2D eigenvalue weighted by atomic mass is 10.1. The summed E-state index contributed by atoms with van der Waals surface area (Å²) >= 11 is 11.9. The number of nitrogens with zero attached hydrogens (tertiary/aromatic N) is 3. The summed E-state index contributed by atoms with van der Waals surface area (Å²) in [5.74, 6) is -0.256. The number of benzene rings is 2. The predicted octanol–water partition coefficient (Wildman–Crippen LogP) is 4.01. The Bertz CT molecular complexity index is 1060. The molecule has 0 saturated carbocycles. The van der Waals surface area contributed by atoms with Gasteiger partial charge in [0.1, 0.15) is 5.69 Å². The van der Waals surface area contributed by atoms with E-state index >= 15 is 0 Å². The van der Waals surface area contributed by atoms with Gasteiger partial charge in [0.25, 0.3) is 5.69 Å². The number of anilines is 1. The summed E-state index contributed by atoms with van der Waals surface area (Å²) < 4.78 is 1.53. The van der Waals surface area contributed by atoms with Gasteiger partial charge in [-0.1, -0.05) is 23.2 Å². The summed E-state index contributed by atoms with van der Waals surface area (Å²) in [6.45, 7) is -0.0236. The van der Waals surface area contributed by atoms with Crippen molar-refractivity contribution in [3.63, 3.8) is 0 Å². The third kappa shape index (κ3) is 4.73. The maximum Gasteiger partial charge on any atom is 0.293 e. The number of aliphatic hydroxyl groups excluding tert-OH is 1. The van der Waals surface area contributed by atoms with Gasteiger partial charge < -0.3 is 15.0 Å². The normalized spacial score (nSPS) is 11.9. The van der Waals surface area contributed by atoms with Crippen LogP contribution in [0.3, 0.4) is 0 Å². The summed E-state index contributed by atoms with van der Waals surface area (Å²) in [4.78, 5) is 27.4. The third-order valence-electron chi connectivity index (χ3n) is 4.24. The number of nitro benzene ring substituents is 1. The van der Waals surface area contributed by atoms with E-state index in [1.54, 1.807) is 25.4 Å². The molecule has 0 aliphatic heterocycles. The average molecular weight is 435 g/mol. The van der Waals surface area contributed by atoms with Crippen molar-refractivity contribution in [2.24, 2.45) is 7.05 Å².